The molecule has 2 aliphatic carbocycles. The molecule has 0 bridgehead atoms. The lowest BCUT2D eigenvalue weighted by molar-refractivity contribution is -0.134. The van der Waals surface area contributed by atoms with Crippen LogP contribution in [0.25, 0.3) is 0 Å². The van der Waals surface area contributed by atoms with Crippen molar-refractivity contribution in [2.45, 2.75) is 39.2 Å². The molecule has 2 fully saturated rings. The van der Waals surface area contributed by atoms with E-state index in [1.165, 1.54) is 0 Å². The van der Waals surface area contributed by atoms with E-state index in [9.17, 15) is 4.79 Å². The van der Waals surface area contributed by atoms with Crippen molar-refractivity contribution in [3.05, 3.63) is 0 Å². The van der Waals surface area contributed by atoms with Crippen molar-refractivity contribution >= 4 is 5.91 Å². The van der Waals surface area contributed by atoms with Crippen LogP contribution in [0.4, 0.5) is 0 Å². The number of carbonyl (C=O) groups is 1. The third kappa shape index (κ3) is 1.78. The van der Waals surface area contributed by atoms with Gasteiger partial charge >= 0.3 is 0 Å². The molecule has 1 atom stereocenters. The Morgan fingerprint density at radius 1 is 1.50 bits per heavy atom. The average molecular weight is 197 g/mol. The van der Waals surface area contributed by atoms with E-state index in [0.29, 0.717) is 12.6 Å². The van der Waals surface area contributed by atoms with E-state index in [0.717, 1.165) is 19.3 Å². The number of hydrogen-bond acceptors (Lipinski definition) is 2. The molecule has 80 valence electrons. The van der Waals surface area contributed by atoms with E-state index in [-0.39, 0.29) is 23.8 Å². The maximum Gasteiger partial charge on any atom is 0.226 e. The monoisotopic (exact) mass is 197 g/mol. The Labute approximate surface area is 85.1 Å². The molecule has 1 amide bonds. The van der Waals surface area contributed by atoms with Gasteiger partial charge in [0.1, 0.15) is 0 Å². The van der Waals surface area contributed by atoms with Crippen LogP contribution in [0, 0.1) is 11.3 Å². The minimum absolute atomic E-state index is 0.0926. The SMILES string of the molecule is CC1(C)CC1C(=O)N(CCO)C1CC1. The molecule has 3 heteroatoms. The molecule has 0 spiro atoms. The Balaban J connectivity index is 1.94. The summed E-state index contributed by atoms with van der Waals surface area (Å²) in [5.74, 6) is 0.487. The van der Waals surface area contributed by atoms with Crippen LogP contribution in [0.5, 0.6) is 0 Å². The normalized spacial score (nSPS) is 28.6. The second-order valence-corrected chi connectivity index (χ2v) is 5.23. The summed E-state index contributed by atoms with van der Waals surface area (Å²) in [6, 6.07) is 0.436. The molecule has 0 aliphatic heterocycles. The van der Waals surface area contributed by atoms with Gasteiger partial charge in [-0.15, -0.1) is 0 Å². The van der Waals surface area contributed by atoms with Gasteiger partial charge in [-0.1, -0.05) is 13.8 Å². The van der Waals surface area contributed by atoms with Crippen LogP contribution in [-0.2, 0) is 4.79 Å². The largest absolute Gasteiger partial charge is 0.395 e. The first-order valence-electron chi connectivity index (χ1n) is 5.47. The van der Waals surface area contributed by atoms with Gasteiger partial charge in [0.05, 0.1) is 6.61 Å². The van der Waals surface area contributed by atoms with E-state index in [2.05, 4.69) is 13.8 Å². The molecule has 2 saturated carbocycles. The molecule has 0 heterocycles. The van der Waals surface area contributed by atoms with Crippen LogP contribution in [0.2, 0.25) is 0 Å². The highest BCUT2D eigenvalue weighted by Crippen LogP contribution is 2.53. The fraction of sp³-hybridized carbons (Fsp3) is 0.909. The molecule has 2 rings (SSSR count). The maximum absolute atomic E-state index is 12.0. The van der Waals surface area contributed by atoms with Crippen LogP contribution in [0.15, 0.2) is 0 Å². The van der Waals surface area contributed by atoms with E-state index >= 15 is 0 Å². The lowest BCUT2D eigenvalue weighted by Crippen LogP contribution is -2.37. The topological polar surface area (TPSA) is 40.5 Å². The first-order valence-corrected chi connectivity index (χ1v) is 5.47. The van der Waals surface area contributed by atoms with E-state index in [1.54, 1.807) is 0 Å². The molecule has 0 aromatic rings. The van der Waals surface area contributed by atoms with Crippen LogP contribution in [0.1, 0.15) is 33.1 Å². The van der Waals surface area contributed by atoms with Gasteiger partial charge < -0.3 is 10.0 Å². The summed E-state index contributed by atoms with van der Waals surface area (Å²) in [4.78, 5) is 13.9. The summed E-state index contributed by atoms with van der Waals surface area (Å²) in [7, 11) is 0. The van der Waals surface area contributed by atoms with Crippen molar-refractivity contribution in [3.8, 4) is 0 Å². The van der Waals surface area contributed by atoms with Gasteiger partial charge in [-0.25, -0.2) is 0 Å². The van der Waals surface area contributed by atoms with Crippen molar-refractivity contribution in [1.82, 2.24) is 4.90 Å². The zero-order valence-corrected chi connectivity index (χ0v) is 8.99. The fourth-order valence-corrected chi connectivity index (χ4v) is 2.06. The number of carbonyl (C=O) groups excluding carboxylic acids is 1. The third-order valence-electron chi connectivity index (χ3n) is 3.42. The summed E-state index contributed by atoms with van der Waals surface area (Å²) in [5, 5.41) is 8.90. The predicted octanol–water partition coefficient (Wildman–Crippen LogP) is 1.02. The lowest BCUT2D eigenvalue weighted by atomic mass is 10.1. The highest BCUT2D eigenvalue weighted by molar-refractivity contribution is 5.83. The molecule has 14 heavy (non-hydrogen) atoms. The second-order valence-electron chi connectivity index (χ2n) is 5.23. The van der Waals surface area contributed by atoms with Crippen molar-refractivity contribution in [1.29, 1.82) is 0 Å². The Morgan fingerprint density at radius 2 is 2.07 bits per heavy atom. The summed E-state index contributed by atoms with van der Waals surface area (Å²) >= 11 is 0. The van der Waals surface area contributed by atoms with E-state index < -0.39 is 0 Å². The molecule has 0 aromatic heterocycles. The number of hydrogen-bond donors (Lipinski definition) is 1. The van der Waals surface area contributed by atoms with Crippen molar-refractivity contribution in [3.63, 3.8) is 0 Å². The Kier molecular flexibility index (Phi) is 2.30. The minimum Gasteiger partial charge on any atom is -0.395 e. The molecule has 1 unspecified atom stereocenters. The summed E-state index contributed by atoms with van der Waals surface area (Å²) in [6.07, 6.45) is 3.26. The average Bonchev–Trinajstić information content (AvgIpc) is 2.97. The van der Waals surface area contributed by atoms with Gasteiger partial charge in [-0.3, -0.25) is 4.79 Å². The van der Waals surface area contributed by atoms with Gasteiger partial charge in [0, 0.05) is 18.5 Å². The van der Waals surface area contributed by atoms with E-state index in [1.807, 2.05) is 4.90 Å². The number of rotatable bonds is 4. The highest BCUT2D eigenvalue weighted by Gasteiger charge is 2.53. The molecule has 1 N–H and O–H groups in total. The Hall–Kier alpha value is -0.570. The van der Waals surface area contributed by atoms with Crippen molar-refractivity contribution < 1.29 is 9.90 Å². The standard InChI is InChI=1S/C11H19NO2/c1-11(2)7-9(11)10(14)12(5-6-13)8-3-4-8/h8-9,13H,3-7H2,1-2H3. The molecular weight excluding hydrogens is 178 g/mol. The van der Waals surface area contributed by atoms with Gasteiger partial charge in [0.2, 0.25) is 5.91 Å². The van der Waals surface area contributed by atoms with Crippen LogP contribution < -0.4 is 0 Å². The van der Waals surface area contributed by atoms with Crippen molar-refractivity contribution in [2.75, 3.05) is 13.2 Å². The first-order chi connectivity index (χ1) is 6.56. The Bertz CT molecular complexity index is 246. The molecule has 0 saturated heterocycles. The predicted molar refractivity (Wildman–Crippen MR) is 53.7 cm³/mol. The zero-order chi connectivity index (χ0) is 10.3. The molecule has 0 radical (unpaired) electrons. The van der Waals surface area contributed by atoms with Crippen LogP contribution >= 0.6 is 0 Å². The summed E-state index contributed by atoms with van der Waals surface area (Å²) in [5.41, 5.74) is 0.208. The van der Waals surface area contributed by atoms with Crippen LogP contribution in [-0.4, -0.2) is 35.1 Å². The van der Waals surface area contributed by atoms with Gasteiger partial charge in [-0.05, 0) is 24.7 Å². The zero-order valence-electron chi connectivity index (χ0n) is 8.99. The lowest BCUT2D eigenvalue weighted by Gasteiger charge is -2.22. The number of nitrogens with zero attached hydrogens (tertiary/aromatic N) is 1. The first kappa shape index (κ1) is 9.97. The smallest absolute Gasteiger partial charge is 0.226 e. The number of amides is 1. The quantitative estimate of drug-likeness (QED) is 0.731. The molecular formula is C11H19NO2. The number of aliphatic hydroxyl groups excluding tert-OH is 1. The fourth-order valence-electron chi connectivity index (χ4n) is 2.06. The summed E-state index contributed by atoms with van der Waals surface area (Å²) in [6.45, 7) is 4.89. The van der Waals surface area contributed by atoms with Gasteiger partial charge in [0.25, 0.3) is 0 Å². The maximum atomic E-state index is 12.0. The molecule has 3 nitrogen and oxygen atoms in total. The number of aliphatic hydroxyl groups is 1. The molecule has 2 aliphatic rings. The minimum atomic E-state index is 0.0926. The van der Waals surface area contributed by atoms with Crippen molar-refractivity contribution in [2.24, 2.45) is 11.3 Å². The highest BCUT2D eigenvalue weighted by atomic mass is 16.3. The third-order valence-corrected chi connectivity index (χ3v) is 3.42. The van der Waals surface area contributed by atoms with Gasteiger partial charge in [-0.2, -0.15) is 0 Å². The summed E-state index contributed by atoms with van der Waals surface area (Å²) < 4.78 is 0. The Morgan fingerprint density at radius 3 is 2.43 bits per heavy atom. The second kappa shape index (κ2) is 3.23. The van der Waals surface area contributed by atoms with Gasteiger partial charge in [0.15, 0.2) is 0 Å². The van der Waals surface area contributed by atoms with Crippen LogP contribution in [0.3, 0.4) is 0 Å². The van der Waals surface area contributed by atoms with E-state index in [4.69, 9.17) is 5.11 Å². The molecule has 0 aromatic carbocycles.